The summed E-state index contributed by atoms with van der Waals surface area (Å²) < 4.78 is 10.4. The van der Waals surface area contributed by atoms with Gasteiger partial charge in [-0.2, -0.15) is 0 Å². The lowest BCUT2D eigenvalue weighted by Crippen LogP contribution is -2.46. The van der Waals surface area contributed by atoms with Gasteiger partial charge < -0.3 is 19.7 Å². The predicted octanol–water partition coefficient (Wildman–Crippen LogP) is 1.95. The lowest BCUT2D eigenvalue weighted by molar-refractivity contribution is 0.0697. The fraction of sp³-hybridized carbons (Fsp3) is 0.533. The van der Waals surface area contributed by atoms with Gasteiger partial charge in [-0.1, -0.05) is 0 Å². The number of ether oxygens (including phenoxy) is 2. The van der Waals surface area contributed by atoms with Crippen LogP contribution in [0.3, 0.4) is 0 Å². The van der Waals surface area contributed by atoms with Gasteiger partial charge in [-0.25, -0.2) is 0 Å². The fourth-order valence-electron chi connectivity index (χ4n) is 2.51. The van der Waals surface area contributed by atoms with E-state index >= 15 is 0 Å². The van der Waals surface area contributed by atoms with Crippen molar-refractivity contribution in [3.05, 3.63) is 23.8 Å². The van der Waals surface area contributed by atoms with Crippen molar-refractivity contribution < 1.29 is 14.3 Å². The number of rotatable bonds is 4. The number of carbonyl (C=O) groups is 1. The van der Waals surface area contributed by atoms with Crippen LogP contribution in [-0.2, 0) is 0 Å². The molecule has 1 aliphatic heterocycles. The van der Waals surface area contributed by atoms with Gasteiger partial charge in [0.25, 0.3) is 5.91 Å². The molecule has 0 saturated carbocycles. The smallest absolute Gasteiger partial charge is 0.254 e. The number of piperidine rings is 1. The maximum absolute atomic E-state index is 12.6. The lowest BCUT2D eigenvalue weighted by Gasteiger charge is -2.32. The molecule has 1 saturated heterocycles. The molecule has 0 aliphatic carbocycles. The fourth-order valence-corrected chi connectivity index (χ4v) is 2.51. The molecule has 1 N–H and O–H groups in total. The molecule has 1 aromatic rings. The maximum atomic E-state index is 12.6. The van der Waals surface area contributed by atoms with E-state index in [4.69, 9.17) is 9.47 Å². The second-order valence-electron chi connectivity index (χ2n) is 4.98. The summed E-state index contributed by atoms with van der Waals surface area (Å²) in [7, 11) is 5.11. The second kappa shape index (κ2) is 8.10. The average Bonchev–Trinajstić information content (AvgIpc) is 2.53. The van der Waals surface area contributed by atoms with Gasteiger partial charge in [0.2, 0.25) is 0 Å². The molecule has 5 nitrogen and oxygen atoms in total. The molecule has 1 atom stereocenters. The van der Waals surface area contributed by atoms with E-state index in [9.17, 15) is 4.79 Å². The molecule has 1 fully saturated rings. The molecular formula is C15H23ClN2O3. The summed E-state index contributed by atoms with van der Waals surface area (Å²) in [5.41, 5.74) is 0.609. The predicted molar refractivity (Wildman–Crippen MR) is 84.8 cm³/mol. The Hall–Kier alpha value is -1.46. The molecule has 0 bridgehead atoms. The topological polar surface area (TPSA) is 50.8 Å². The van der Waals surface area contributed by atoms with E-state index in [-0.39, 0.29) is 18.3 Å². The Morgan fingerprint density at radius 1 is 1.24 bits per heavy atom. The normalized spacial score (nSPS) is 17.9. The number of likely N-dealkylation sites (N-methyl/N-ethyl adjacent to an activating group) is 1. The molecule has 0 spiro atoms. The van der Waals surface area contributed by atoms with Crippen LogP contribution in [-0.4, -0.2) is 51.2 Å². The molecule has 6 heteroatoms. The molecule has 118 valence electrons. The molecule has 1 heterocycles. The first-order valence-corrected chi connectivity index (χ1v) is 6.87. The van der Waals surface area contributed by atoms with Gasteiger partial charge in [0.1, 0.15) is 11.5 Å². The van der Waals surface area contributed by atoms with Gasteiger partial charge in [0.15, 0.2) is 0 Å². The van der Waals surface area contributed by atoms with Crippen LogP contribution in [0.25, 0.3) is 0 Å². The molecule has 0 aromatic heterocycles. The van der Waals surface area contributed by atoms with E-state index in [2.05, 4.69) is 5.32 Å². The van der Waals surface area contributed by atoms with Gasteiger partial charge in [0, 0.05) is 30.8 Å². The summed E-state index contributed by atoms with van der Waals surface area (Å²) in [5, 5.41) is 3.24. The largest absolute Gasteiger partial charge is 0.497 e. The van der Waals surface area contributed by atoms with Crippen molar-refractivity contribution in [2.45, 2.75) is 18.9 Å². The number of hydrogen-bond acceptors (Lipinski definition) is 4. The lowest BCUT2D eigenvalue weighted by atomic mass is 10.0. The van der Waals surface area contributed by atoms with Crippen molar-refractivity contribution >= 4 is 18.3 Å². The summed E-state index contributed by atoms with van der Waals surface area (Å²) in [4.78, 5) is 14.5. The average molecular weight is 315 g/mol. The van der Waals surface area contributed by atoms with E-state index in [1.165, 1.54) is 0 Å². The standard InChI is InChI=1S/C15H22N2O3.ClH/c1-16-12-5-4-6-17(10-12)15(18)11-7-13(19-2)9-14(8-11)20-3;/h7-9,12,16H,4-6,10H2,1-3H3;1H. The summed E-state index contributed by atoms with van der Waals surface area (Å²) >= 11 is 0. The number of nitrogens with zero attached hydrogens (tertiary/aromatic N) is 1. The Labute approximate surface area is 132 Å². The molecule has 2 rings (SSSR count). The number of halogens is 1. The van der Waals surface area contributed by atoms with E-state index in [0.717, 1.165) is 25.9 Å². The third-order valence-electron chi connectivity index (χ3n) is 3.72. The number of hydrogen-bond donors (Lipinski definition) is 1. The minimum Gasteiger partial charge on any atom is -0.497 e. The van der Waals surface area contributed by atoms with Crippen LogP contribution in [0.1, 0.15) is 23.2 Å². The van der Waals surface area contributed by atoms with Crippen LogP contribution in [0.2, 0.25) is 0 Å². The highest BCUT2D eigenvalue weighted by Crippen LogP contribution is 2.24. The van der Waals surface area contributed by atoms with E-state index in [1.54, 1.807) is 32.4 Å². The van der Waals surface area contributed by atoms with E-state index in [1.807, 2.05) is 11.9 Å². The van der Waals surface area contributed by atoms with Crippen molar-refractivity contribution in [2.24, 2.45) is 0 Å². The first-order valence-electron chi connectivity index (χ1n) is 6.87. The number of amides is 1. The molecule has 1 unspecified atom stereocenters. The van der Waals surface area contributed by atoms with Crippen molar-refractivity contribution in [3.63, 3.8) is 0 Å². The first kappa shape index (κ1) is 17.6. The minimum atomic E-state index is 0. The highest BCUT2D eigenvalue weighted by molar-refractivity contribution is 5.95. The van der Waals surface area contributed by atoms with Crippen LogP contribution in [0.15, 0.2) is 18.2 Å². The Balaban J connectivity index is 0.00000220. The van der Waals surface area contributed by atoms with Crippen LogP contribution in [0.4, 0.5) is 0 Å². The zero-order valence-electron chi connectivity index (χ0n) is 12.7. The van der Waals surface area contributed by atoms with Gasteiger partial charge in [-0.05, 0) is 32.0 Å². The number of carbonyl (C=O) groups excluding carboxylic acids is 1. The minimum absolute atomic E-state index is 0. The maximum Gasteiger partial charge on any atom is 0.254 e. The highest BCUT2D eigenvalue weighted by Gasteiger charge is 2.24. The molecule has 1 aliphatic rings. The van der Waals surface area contributed by atoms with Gasteiger partial charge in [-0.15, -0.1) is 12.4 Å². The number of benzene rings is 1. The SMILES string of the molecule is CNC1CCCN(C(=O)c2cc(OC)cc(OC)c2)C1.Cl. The van der Waals surface area contributed by atoms with Gasteiger partial charge >= 0.3 is 0 Å². The summed E-state index contributed by atoms with van der Waals surface area (Å²) in [6.45, 7) is 1.55. The Morgan fingerprint density at radius 3 is 2.38 bits per heavy atom. The third-order valence-corrected chi connectivity index (χ3v) is 3.72. The van der Waals surface area contributed by atoms with Crippen LogP contribution >= 0.6 is 12.4 Å². The molecule has 1 aromatic carbocycles. The summed E-state index contributed by atoms with van der Waals surface area (Å²) in [5.74, 6) is 1.30. The zero-order valence-corrected chi connectivity index (χ0v) is 13.5. The molecule has 0 radical (unpaired) electrons. The van der Waals surface area contributed by atoms with Crippen LogP contribution in [0.5, 0.6) is 11.5 Å². The van der Waals surface area contributed by atoms with E-state index < -0.39 is 0 Å². The van der Waals surface area contributed by atoms with Crippen LogP contribution < -0.4 is 14.8 Å². The Bertz CT molecular complexity index is 460. The molecule has 1 amide bonds. The van der Waals surface area contributed by atoms with Crippen molar-refractivity contribution in [2.75, 3.05) is 34.4 Å². The van der Waals surface area contributed by atoms with E-state index in [0.29, 0.717) is 23.1 Å². The quantitative estimate of drug-likeness (QED) is 0.923. The molecular weight excluding hydrogens is 292 g/mol. The number of methoxy groups -OCH3 is 2. The zero-order chi connectivity index (χ0) is 14.5. The Morgan fingerprint density at radius 2 is 1.86 bits per heavy atom. The summed E-state index contributed by atoms with van der Waals surface area (Å²) in [6.07, 6.45) is 2.14. The van der Waals surface area contributed by atoms with Crippen molar-refractivity contribution in [3.8, 4) is 11.5 Å². The third kappa shape index (κ3) is 4.25. The van der Waals surface area contributed by atoms with Crippen molar-refractivity contribution in [1.29, 1.82) is 0 Å². The second-order valence-corrected chi connectivity index (χ2v) is 4.98. The number of nitrogens with one attached hydrogen (secondary N) is 1. The monoisotopic (exact) mass is 314 g/mol. The summed E-state index contributed by atoms with van der Waals surface area (Å²) in [6, 6.07) is 5.66. The first-order chi connectivity index (χ1) is 9.67. The molecule has 21 heavy (non-hydrogen) atoms. The van der Waals surface area contributed by atoms with Gasteiger partial charge in [0.05, 0.1) is 14.2 Å². The highest BCUT2D eigenvalue weighted by atomic mass is 35.5. The van der Waals surface area contributed by atoms with Crippen molar-refractivity contribution in [1.82, 2.24) is 10.2 Å². The van der Waals surface area contributed by atoms with Gasteiger partial charge in [-0.3, -0.25) is 4.79 Å². The Kier molecular flexibility index (Phi) is 6.78. The van der Waals surface area contributed by atoms with Crippen LogP contribution in [0, 0.1) is 0 Å². The number of likely N-dealkylation sites (tertiary alicyclic amines) is 1.